The van der Waals surface area contributed by atoms with Crippen molar-refractivity contribution in [2.75, 3.05) is 13.2 Å². The first kappa shape index (κ1) is 15.9. The highest BCUT2D eigenvalue weighted by Gasteiger charge is 2.36. The van der Waals surface area contributed by atoms with Crippen molar-refractivity contribution in [3.63, 3.8) is 0 Å². The fourth-order valence-electron chi connectivity index (χ4n) is 3.10. The minimum Gasteiger partial charge on any atom is -0.368 e. The molecule has 0 radical (unpaired) electrons. The summed E-state index contributed by atoms with van der Waals surface area (Å²) in [4.78, 5) is 6.05. The zero-order valence-electron chi connectivity index (χ0n) is 13.1. The van der Waals surface area contributed by atoms with Gasteiger partial charge >= 0.3 is 0 Å². The molecule has 1 aliphatic rings. The van der Waals surface area contributed by atoms with Crippen LogP contribution in [0.4, 0.5) is 0 Å². The van der Waals surface area contributed by atoms with Gasteiger partial charge in [0.15, 0.2) is 0 Å². The Labute approximate surface area is 127 Å². The molecule has 0 aromatic carbocycles. The first-order valence-electron chi connectivity index (χ1n) is 8.05. The van der Waals surface area contributed by atoms with Crippen LogP contribution in [0.5, 0.6) is 0 Å². The van der Waals surface area contributed by atoms with Gasteiger partial charge < -0.3 is 10.1 Å². The second-order valence-electron chi connectivity index (χ2n) is 5.69. The number of thiazole rings is 1. The predicted molar refractivity (Wildman–Crippen MR) is 85.2 cm³/mol. The van der Waals surface area contributed by atoms with Crippen LogP contribution in [0.2, 0.25) is 0 Å². The van der Waals surface area contributed by atoms with Gasteiger partial charge in [-0.25, -0.2) is 4.98 Å². The fourth-order valence-corrected chi connectivity index (χ4v) is 4.24. The first-order valence-corrected chi connectivity index (χ1v) is 8.87. The number of nitrogens with zero attached hydrogens (tertiary/aromatic N) is 1. The van der Waals surface area contributed by atoms with Gasteiger partial charge in [0.25, 0.3) is 0 Å². The summed E-state index contributed by atoms with van der Waals surface area (Å²) >= 11 is 1.84. The summed E-state index contributed by atoms with van der Waals surface area (Å²) in [6.45, 7) is 8.22. The predicted octanol–water partition coefficient (Wildman–Crippen LogP) is 4.40. The summed E-state index contributed by atoms with van der Waals surface area (Å²) in [6, 6.07) is 0.385. The third-order valence-electron chi connectivity index (χ3n) is 4.18. The van der Waals surface area contributed by atoms with E-state index < -0.39 is 0 Å². The minimum atomic E-state index is -0.111. The molecule has 1 atom stereocenters. The Morgan fingerprint density at radius 1 is 1.30 bits per heavy atom. The van der Waals surface area contributed by atoms with Crippen LogP contribution in [0.25, 0.3) is 0 Å². The molecule has 1 aliphatic carbocycles. The maximum Gasteiger partial charge on any atom is 0.125 e. The fraction of sp³-hybridized carbons (Fsp3) is 0.812. The molecule has 1 fully saturated rings. The number of aromatic nitrogens is 1. The molecule has 1 aromatic heterocycles. The Morgan fingerprint density at radius 3 is 2.60 bits per heavy atom. The number of rotatable bonds is 6. The minimum absolute atomic E-state index is 0.111. The van der Waals surface area contributed by atoms with E-state index in [1.165, 1.54) is 35.6 Å². The largest absolute Gasteiger partial charge is 0.368 e. The summed E-state index contributed by atoms with van der Waals surface area (Å²) in [5.41, 5.74) is -0.111. The number of ether oxygens (including phenoxy) is 1. The molecule has 0 saturated heterocycles. The van der Waals surface area contributed by atoms with E-state index >= 15 is 0 Å². The van der Waals surface area contributed by atoms with Crippen molar-refractivity contribution in [1.82, 2.24) is 10.3 Å². The maximum absolute atomic E-state index is 6.22. The van der Waals surface area contributed by atoms with Gasteiger partial charge in [0.2, 0.25) is 0 Å². The van der Waals surface area contributed by atoms with E-state index in [0.29, 0.717) is 6.04 Å². The average molecular weight is 296 g/mol. The van der Waals surface area contributed by atoms with Crippen LogP contribution in [0.1, 0.15) is 75.2 Å². The van der Waals surface area contributed by atoms with Gasteiger partial charge in [-0.05, 0) is 33.2 Å². The van der Waals surface area contributed by atoms with Crippen molar-refractivity contribution in [1.29, 1.82) is 0 Å². The summed E-state index contributed by atoms with van der Waals surface area (Å²) in [5.74, 6) is 0. The van der Waals surface area contributed by atoms with Crippen LogP contribution in [-0.4, -0.2) is 18.1 Å². The Kier molecular flexibility index (Phi) is 6.00. The van der Waals surface area contributed by atoms with Crippen molar-refractivity contribution < 1.29 is 4.74 Å². The highest BCUT2D eigenvalue weighted by Crippen LogP contribution is 2.41. The van der Waals surface area contributed by atoms with Gasteiger partial charge in [0.1, 0.15) is 10.6 Å². The highest BCUT2D eigenvalue weighted by molar-refractivity contribution is 7.11. The van der Waals surface area contributed by atoms with Gasteiger partial charge in [-0.1, -0.05) is 32.6 Å². The third kappa shape index (κ3) is 3.60. The lowest BCUT2D eigenvalue weighted by molar-refractivity contribution is -0.0559. The van der Waals surface area contributed by atoms with Crippen LogP contribution in [0, 0.1) is 0 Å². The third-order valence-corrected chi connectivity index (χ3v) is 5.55. The van der Waals surface area contributed by atoms with Gasteiger partial charge in [0, 0.05) is 23.7 Å². The number of nitrogens with one attached hydrogen (secondary N) is 1. The van der Waals surface area contributed by atoms with Gasteiger partial charge in [-0.3, -0.25) is 0 Å². The standard InChI is InChI=1S/C16H28N2OS/c1-4-17-13(3)14-12-18-15(20-14)16(19-5-2)10-8-6-7-9-11-16/h12-13,17H,4-11H2,1-3H3. The second kappa shape index (κ2) is 7.53. The normalized spacial score (nSPS) is 20.6. The van der Waals surface area contributed by atoms with Crippen LogP contribution < -0.4 is 5.32 Å². The zero-order valence-corrected chi connectivity index (χ0v) is 13.9. The molecule has 1 saturated carbocycles. The van der Waals surface area contributed by atoms with E-state index in [1.54, 1.807) is 0 Å². The summed E-state index contributed by atoms with van der Waals surface area (Å²) in [5, 5.41) is 4.66. The van der Waals surface area contributed by atoms with E-state index in [-0.39, 0.29) is 5.60 Å². The summed E-state index contributed by atoms with van der Waals surface area (Å²) in [7, 11) is 0. The van der Waals surface area contributed by atoms with Crippen molar-refractivity contribution in [2.24, 2.45) is 0 Å². The molecule has 1 heterocycles. The number of hydrogen-bond acceptors (Lipinski definition) is 4. The SMILES string of the molecule is CCNC(C)c1cnc(C2(OCC)CCCCCC2)s1. The Bertz CT molecular complexity index is 397. The Morgan fingerprint density at radius 2 is 2.00 bits per heavy atom. The molecule has 2 rings (SSSR count). The van der Waals surface area contributed by atoms with Gasteiger partial charge in [-0.15, -0.1) is 11.3 Å². The molecule has 3 nitrogen and oxygen atoms in total. The Balaban J connectivity index is 2.20. The van der Waals surface area contributed by atoms with Crippen LogP contribution >= 0.6 is 11.3 Å². The molecule has 0 aliphatic heterocycles. The molecular formula is C16H28N2OS. The van der Waals surface area contributed by atoms with E-state index in [0.717, 1.165) is 26.0 Å². The topological polar surface area (TPSA) is 34.2 Å². The van der Waals surface area contributed by atoms with Crippen molar-refractivity contribution >= 4 is 11.3 Å². The average Bonchev–Trinajstić information content (AvgIpc) is 2.82. The van der Waals surface area contributed by atoms with Crippen LogP contribution in [-0.2, 0) is 10.3 Å². The molecule has 20 heavy (non-hydrogen) atoms. The zero-order chi connectivity index (χ0) is 14.4. The van der Waals surface area contributed by atoms with Crippen molar-refractivity contribution in [3.8, 4) is 0 Å². The number of hydrogen-bond donors (Lipinski definition) is 1. The van der Waals surface area contributed by atoms with Crippen molar-refractivity contribution in [2.45, 2.75) is 70.9 Å². The lowest BCUT2D eigenvalue weighted by Gasteiger charge is -2.30. The summed E-state index contributed by atoms with van der Waals surface area (Å²) < 4.78 is 6.22. The van der Waals surface area contributed by atoms with E-state index in [2.05, 4.69) is 26.1 Å². The molecule has 0 spiro atoms. The molecule has 0 amide bonds. The van der Waals surface area contributed by atoms with Crippen molar-refractivity contribution in [3.05, 3.63) is 16.1 Å². The summed E-state index contributed by atoms with van der Waals surface area (Å²) in [6.07, 6.45) is 9.49. The maximum atomic E-state index is 6.22. The van der Waals surface area contributed by atoms with Gasteiger partial charge in [0.05, 0.1) is 0 Å². The Hall–Kier alpha value is -0.450. The molecule has 114 valence electrons. The molecule has 4 heteroatoms. The monoisotopic (exact) mass is 296 g/mol. The quantitative estimate of drug-likeness (QED) is 0.790. The van der Waals surface area contributed by atoms with Crippen LogP contribution in [0.15, 0.2) is 6.20 Å². The molecule has 1 aromatic rings. The lowest BCUT2D eigenvalue weighted by atomic mass is 9.95. The van der Waals surface area contributed by atoms with Crippen LogP contribution in [0.3, 0.4) is 0 Å². The second-order valence-corrected chi connectivity index (χ2v) is 6.75. The highest BCUT2D eigenvalue weighted by atomic mass is 32.1. The van der Waals surface area contributed by atoms with E-state index in [1.807, 2.05) is 17.5 Å². The van der Waals surface area contributed by atoms with Gasteiger partial charge in [-0.2, -0.15) is 0 Å². The molecule has 0 bridgehead atoms. The van der Waals surface area contributed by atoms with E-state index in [9.17, 15) is 0 Å². The smallest absolute Gasteiger partial charge is 0.125 e. The van der Waals surface area contributed by atoms with E-state index in [4.69, 9.17) is 9.72 Å². The lowest BCUT2D eigenvalue weighted by Crippen LogP contribution is -2.29. The molecule has 1 N–H and O–H groups in total. The molecular weight excluding hydrogens is 268 g/mol. The molecule has 1 unspecified atom stereocenters. The first-order chi connectivity index (χ1) is 9.72.